The van der Waals surface area contributed by atoms with E-state index in [1.165, 1.54) is 4.90 Å². The fourth-order valence-electron chi connectivity index (χ4n) is 2.18. The predicted octanol–water partition coefficient (Wildman–Crippen LogP) is 3.04. The molecule has 0 aliphatic carbocycles. The van der Waals surface area contributed by atoms with Gasteiger partial charge in [-0.3, -0.25) is 4.79 Å². The maximum Gasteiger partial charge on any atom is 0.253 e. The summed E-state index contributed by atoms with van der Waals surface area (Å²) in [4.78, 5) is 15.6. The minimum Gasteiger partial charge on any atom is -0.337 e. The Balaban J connectivity index is 0.00000200. The molecule has 1 aliphatic rings. The first-order valence-corrected chi connectivity index (χ1v) is 7.81. The van der Waals surface area contributed by atoms with E-state index in [4.69, 9.17) is 0 Å². The van der Waals surface area contributed by atoms with Crippen molar-refractivity contribution in [1.82, 2.24) is 10.2 Å². The molecular weight excluding hydrogens is 292 g/mol. The molecule has 1 saturated heterocycles. The summed E-state index contributed by atoms with van der Waals surface area (Å²) in [6.45, 7) is 7.92. The van der Waals surface area contributed by atoms with Gasteiger partial charge in [-0.05, 0) is 37.2 Å². The number of halogens is 1. The zero-order valence-electron chi connectivity index (χ0n) is 12.1. The average Bonchev–Trinajstić information content (AvgIpc) is 2.67. The van der Waals surface area contributed by atoms with E-state index in [1.54, 1.807) is 0 Å². The van der Waals surface area contributed by atoms with Gasteiger partial charge in [-0.25, -0.2) is 0 Å². The lowest BCUT2D eigenvalue weighted by Gasteiger charge is -2.20. The first-order chi connectivity index (χ1) is 9.16. The summed E-state index contributed by atoms with van der Waals surface area (Å²) in [6, 6.07) is 8.00. The molecule has 112 valence electrons. The quantitative estimate of drug-likeness (QED) is 0.870. The van der Waals surface area contributed by atoms with Crippen LogP contribution in [0.3, 0.4) is 0 Å². The number of nitrogens with one attached hydrogen (secondary N) is 1. The van der Waals surface area contributed by atoms with E-state index >= 15 is 0 Å². The monoisotopic (exact) mass is 314 g/mol. The van der Waals surface area contributed by atoms with Gasteiger partial charge in [0, 0.05) is 35.3 Å². The molecule has 1 N–H and O–H groups in total. The highest BCUT2D eigenvalue weighted by Crippen LogP contribution is 2.23. The van der Waals surface area contributed by atoms with Crippen molar-refractivity contribution in [3.63, 3.8) is 0 Å². The van der Waals surface area contributed by atoms with Crippen molar-refractivity contribution >= 4 is 30.1 Å². The Labute approximate surface area is 131 Å². The number of carbonyl (C=O) groups is 1. The van der Waals surface area contributed by atoms with Crippen molar-refractivity contribution in [2.45, 2.75) is 30.4 Å². The summed E-state index contributed by atoms with van der Waals surface area (Å²) in [5.74, 6) is 0.157. The molecule has 1 aromatic rings. The Hall–Kier alpha value is -0.710. The number of benzene rings is 1. The van der Waals surface area contributed by atoms with Crippen molar-refractivity contribution < 1.29 is 4.79 Å². The average molecular weight is 315 g/mol. The lowest BCUT2D eigenvalue weighted by molar-refractivity contribution is 0.0766. The van der Waals surface area contributed by atoms with E-state index in [-0.39, 0.29) is 18.3 Å². The Bertz CT molecular complexity index is 414. The molecule has 1 amide bonds. The van der Waals surface area contributed by atoms with Crippen LogP contribution in [0.5, 0.6) is 0 Å². The van der Waals surface area contributed by atoms with Crippen LogP contribution in [0.15, 0.2) is 29.2 Å². The van der Waals surface area contributed by atoms with E-state index in [0.717, 1.165) is 38.2 Å². The smallest absolute Gasteiger partial charge is 0.253 e. The standard InChI is InChI=1S/C15H22N2OS.ClH/c1-12(2)19-14-6-4-13(5-7-14)15(18)17-10-3-8-16-9-11-17;/h4-7,12,16H,3,8-11H2,1-2H3;1H. The molecule has 0 saturated carbocycles. The predicted molar refractivity (Wildman–Crippen MR) is 88.1 cm³/mol. The van der Waals surface area contributed by atoms with Gasteiger partial charge in [-0.2, -0.15) is 0 Å². The van der Waals surface area contributed by atoms with Crippen molar-refractivity contribution in [3.8, 4) is 0 Å². The van der Waals surface area contributed by atoms with Crippen molar-refractivity contribution in [2.24, 2.45) is 0 Å². The Morgan fingerprint density at radius 1 is 1.20 bits per heavy atom. The van der Waals surface area contributed by atoms with E-state index in [1.807, 2.05) is 40.9 Å². The highest BCUT2D eigenvalue weighted by molar-refractivity contribution is 7.99. The van der Waals surface area contributed by atoms with E-state index in [0.29, 0.717) is 5.25 Å². The van der Waals surface area contributed by atoms with Gasteiger partial charge in [-0.15, -0.1) is 24.2 Å². The lowest BCUT2D eigenvalue weighted by Crippen LogP contribution is -2.34. The molecule has 3 nitrogen and oxygen atoms in total. The third-order valence-electron chi connectivity index (χ3n) is 3.10. The zero-order valence-corrected chi connectivity index (χ0v) is 13.7. The molecule has 0 unspecified atom stereocenters. The van der Waals surface area contributed by atoms with Crippen LogP contribution < -0.4 is 5.32 Å². The van der Waals surface area contributed by atoms with Crippen molar-refractivity contribution in [3.05, 3.63) is 29.8 Å². The van der Waals surface area contributed by atoms with Crippen molar-refractivity contribution in [1.29, 1.82) is 0 Å². The molecule has 5 heteroatoms. The summed E-state index contributed by atoms with van der Waals surface area (Å²) in [6.07, 6.45) is 1.03. The number of carbonyl (C=O) groups excluding carboxylic acids is 1. The van der Waals surface area contributed by atoms with Crippen LogP contribution in [0.4, 0.5) is 0 Å². The van der Waals surface area contributed by atoms with E-state index < -0.39 is 0 Å². The molecule has 0 radical (unpaired) electrons. The van der Waals surface area contributed by atoms with Gasteiger partial charge >= 0.3 is 0 Å². The SMILES string of the molecule is CC(C)Sc1ccc(C(=O)N2CCCNCC2)cc1.Cl. The van der Waals surface area contributed by atoms with Crippen LogP contribution in [-0.4, -0.2) is 42.2 Å². The first-order valence-electron chi connectivity index (χ1n) is 6.93. The minimum absolute atomic E-state index is 0. The third kappa shape index (κ3) is 5.00. The topological polar surface area (TPSA) is 32.3 Å². The Kier molecular flexibility index (Phi) is 7.41. The van der Waals surface area contributed by atoms with Crippen molar-refractivity contribution in [2.75, 3.05) is 26.2 Å². The second kappa shape index (κ2) is 8.55. The maximum absolute atomic E-state index is 12.4. The fraction of sp³-hybridized carbons (Fsp3) is 0.533. The van der Waals surface area contributed by atoms with Gasteiger partial charge in [0.15, 0.2) is 0 Å². The van der Waals surface area contributed by atoms with Gasteiger partial charge in [0.05, 0.1) is 0 Å². The number of thioether (sulfide) groups is 1. The summed E-state index contributed by atoms with van der Waals surface area (Å²) < 4.78 is 0. The summed E-state index contributed by atoms with van der Waals surface area (Å²) in [5, 5.41) is 3.88. The maximum atomic E-state index is 12.4. The summed E-state index contributed by atoms with van der Waals surface area (Å²) in [7, 11) is 0. The Morgan fingerprint density at radius 3 is 2.55 bits per heavy atom. The van der Waals surface area contributed by atoms with Crippen LogP contribution >= 0.6 is 24.2 Å². The molecule has 1 heterocycles. The molecule has 1 fully saturated rings. The molecule has 0 atom stereocenters. The number of amides is 1. The van der Waals surface area contributed by atoms with Gasteiger partial charge in [0.2, 0.25) is 0 Å². The zero-order chi connectivity index (χ0) is 13.7. The molecular formula is C15H23ClN2OS. The number of rotatable bonds is 3. The number of hydrogen-bond donors (Lipinski definition) is 1. The van der Waals surface area contributed by atoms with Crippen LogP contribution in [0, 0.1) is 0 Å². The van der Waals surface area contributed by atoms with Gasteiger partial charge in [-0.1, -0.05) is 13.8 Å². The highest BCUT2D eigenvalue weighted by atomic mass is 35.5. The summed E-state index contributed by atoms with van der Waals surface area (Å²) >= 11 is 1.82. The highest BCUT2D eigenvalue weighted by Gasteiger charge is 2.16. The van der Waals surface area contributed by atoms with Crippen LogP contribution in [0.1, 0.15) is 30.6 Å². The summed E-state index contributed by atoms with van der Waals surface area (Å²) in [5.41, 5.74) is 0.801. The second-order valence-electron chi connectivity index (χ2n) is 5.09. The van der Waals surface area contributed by atoms with E-state index in [9.17, 15) is 4.79 Å². The fourth-order valence-corrected chi connectivity index (χ4v) is 3.02. The normalized spacial score (nSPS) is 15.7. The molecule has 20 heavy (non-hydrogen) atoms. The molecule has 0 bridgehead atoms. The molecule has 0 spiro atoms. The molecule has 1 aromatic carbocycles. The first kappa shape index (κ1) is 17.3. The Morgan fingerprint density at radius 2 is 1.90 bits per heavy atom. The van der Waals surface area contributed by atoms with Gasteiger partial charge in [0.1, 0.15) is 0 Å². The van der Waals surface area contributed by atoms with Gasteiger partial charge in [0.25, 0.3) is 5.91 Å². The molecule has 1 aliphatic heterocycles. The van der Waals surface area contributed by atoms with Gasteiger partial charge < -0.3 is 10.2 Å². The molecule has 2 rings (SSSR count). The molecule has 0 aromatic heterocycles. The van der Waals surface area contributed by atoms with Crippen LogP contribution in [0.25, 0.3) is 0 Å². The third-order valence-corrected chi connectivity index (χ3v) is 4.12. The lowest BCUT2D eigenvalue weighted by atomic mass is 10.2. The number of hydrogen-bond acceptors (Lipinski definition) is 3. The second-order valence-corrected chi connectivity index (χ2v) is 6.74. The number of nitrogens with zero attached hydrogens (tertiary/aromatic N) is 1. The van der Waals surface area contributed by atoms with E-state index in [2.05, 4.69) is 19.2 Å². The largest absolute Gasteiger partial charge is 0.337 e. The van der Waals surface area contributed by atoms with Crippen LogP contribution in [-0.2, 0) is 0 Å². The minimum atomic E-state index is 0. The van der Waals surface area contributed by atoms with Crippen LogP contribution in [0.2, 0.25) is 0 Å².